The third-order valence-electron chi connectivity index (χ3n) is 4.61. The summed E-state index contributed by atoms with van der Waals surface area (Å²) in [6, 6.07) is 13.2. The standard InChI is InChI=1S/C22H19N5O3S2/c1-27-19(15-9-6-10-23-11-15)25-26-22(27)32-13-17(28)24-20-18(21(29)30-2)16(12-31-20)14-7-4-3-5-8-14/h3-12H,13H2,1-2H3,(H,24,28). The molecule has 0 fully saturated rings. The van der Waals surface area contributed by atoms with Gasteiger partial charge in [0.05, 0.1) is 12.9 Å². The summed E-state index contributed by atoms with van der Waals surface area (Å²) in [7, 11) is 3.16. The average molecular weight is 466 g/mol. The Hall–Kier alpha value is -3.50. The Bertz CT molecular complexity index is 1240. The SMILES string of the molecule is COC(=O)c1c(-c2ccccc2)csc1NC(=O)CSc1nnc(-c2cccnc2)n1C. The second-order valence-corrected chi connectivity index (χ2v) is 8.48. The minimum absolute atomic E-state index is 0.109. The van der Waals surface area contributed by atoms with Crippen LogP contribution in [0, 0.1) is 0 Å². The van der Waals surface area contributed by atoms with E-state index in [-0.39, 0.29) is 11.7 Å². The maximum Gasteiger partial charge on any atom is 0.341 e. The van der Waals surface area contributed by atoms with Gasteiger partial charge in [0, 0.05) is 35.9 Å². The molecule has 162 valence electrons. The Balaban J connectivity index is 1.48. The first-order valence-electron chi connectivity index (χ1n) is 9.56. The Morgan fingerprint density at radius 2 is 1.91 bits per heavy atom. The summed E-state index contributed by atoms with van der Waals surface area (Å²) < 4.78 is 6.77. The summed E-state index contributed by atoms with van der Waals surface area (Å²) in [5, 5.41) is 14.1. The number of methoxy groups -OCH3 is 1. The summed E-state index contributed by atoms with van der Waals surface area (Å²) in [5.41, 5.74) is 2.79. The van der Waals surface area contributed by atoms with Gasteiger partial charge in [-0.2, -0.15) is 0 Å². The van der Waals surface area contributed by atoms with Crippen LogP contribution in [0.2, 0.25) is 0 Å². The van der Waals surface area contributed by atoms with Crippen molar-refractivity contribution in [1.82, 2.24) is 19.7 Å². The van der Waals surface area contributed by atoms with Crippen LogP contribution in [0.15, 0.2) is 65.4 Å². The Morgan fingerprint density at radius 3 is 2.62 bits per heavy atom. The molecule has 3 aromatic heterocycles. The number of ether oxygens (including phenoxy) is 1. The molecule has 0 atom stereocenters. The molecule has 0 aliphatic carbocycles. The molecule has 0 aliphatic heterocycles. The van der Waals surface area contributed by atoms with Gasteiger partial charge in [0.15, 0.2) is 11.0 Å². The van der Waals surface area contributed by atoms with Gasteiger partial charge < -0.3 is 14.6 Å². The van der Waals surface area contributed by atoms with Crippen LogP contribution in [0.4, 0.5) is 5.00 Å². The Labute approximate surface area is 192 Å². The van der Waals surface area contributed by atoms with Crippen molar-refractivity contribution in [2.24, 2.45) is 7.05 Å². The topological polar surface area (TPSA) is 99.0 Å². The highest BCUT2D eigenvalue weighted by atomic mass is 32.2. The van der Waals surface area contributed by atoms with Crippen LogP contribution in [-0.4, -0.2) is 44.5 Å². The molecule has 1 aromatic carbocycles. The number of amides is 1. The number of benzene rings is 1. The number of pyridine rings is 1. The monoisotopic (exact) mass is 465 g/mol. The number of thioether (sulfide) groups is 1. The van der Waals surface area contributed by atoms with E-state index in [1.165, 1.54) is 30.2 Å². The van der Waals surface area contributed by atoms with Gasteiger partial charge in [0.2, 0.25) is 5.91 Å². The van der Waals surface area contributed by atoms with Gasteiger partial charge in [-0.15, -0.1) is 21.5 Å². The van der Waals surface area contributed by atoms with E-state index in [1.54, 1.807) is 12.4 Å². The van der Waals surface area contributed by atoms with Crippen molar-refractivity contribution < 1.29 is 14.3 Å². The van der Waals surface area contributed by atoms with Crippen molar-refractivity contribution in [3.63, 3.8) is 0 Å². The zero-order chi connectivity index (χ0) is 22.5. The molecule has 0 unspecified atom stereocenters. The molecule has 8 nitrogen and oxygen atoms in total. The van der Waals surface area contributed by atoms with Gasteiger partial charge in [0.25, 0.3) is 0 Å². The number of carbonyl (C=O) groups is 2. The van der Waals surface area contributed by atoms with Crippen LogP contribution in [0.1, 0.15) is 10.4 Å². The van der Waals surface area contributed by atoms with E-state index in [1.807, 2.05) is 59.5 Å². The number of esters is 1. The van der Waals surface area contributed by atoms with Gasteiger partial charge in [0.1, 0.15) is 10.6 Å². The van der Waals surface area contributed by atoms with E-state index < -0.39 is 5.97 Å². The fourth-order valence-corrected chi connectivity index (χ4v) is 4.75. The largest absolute Gasteiger partial charge is 0.465 e. The van der Waals surface area contributed by atoms with Crippen molar-refractivity contribution in [1.29, 1.82) is 0 Å². The molecule has 0 aliphatic rings. The van der Waals surface area contributed by atoms with Crippen LogP contribution in [0.5, 0.6) is 0 Å². The zero-order valence-corrected chi connectivity index (χ0v) is 18.9. The number of carbonyl (C=O) groups excluding carboxylic acids is 2. The van der Waals surface area contributed by atoms with Crippen LogP contribution in [-0.2, 0) is 16.6 Å². The number of aromatic nitrogens is 4. The number of rotatable bonds is 7. The molecular formula is C22H19N5O3S2. The number of nitrogens with one attached hydrogen (secondary N) is 1. The van der Waals surface area contributed by atoms with E-state index in [0.717, 1.165) is 16.7 Å². The third kappa shape index (κ3) is 4.56. The summed E-state index contributed by atoms with van der Waals surface area (Å²) in [6.07, 6.45) is 3.40. The Kier molecular flexibility index (Phi) is 6.62. The van der Waals surface area contributed by atoms with Crippen LogP contribution >= 0.6 is 23.1 Å². The van der Waals surface area contributed by atoms with E-state index in [2.05, 4.69) is 20.5 Å². The van der Waals surface area contributed by atoms with Crippen LogP contribution < -0.4 is 5.32 Å². The molecule has 1 amide bonds. The van der Waals surface area contributed by atoms with E-state index in [4.69, 9.17) is 4.74 Å². The minimum atomic E-state index is -0.498. The molecule has 1 N–H and O–H groups in total. The number of hydrogen-bond donors (Lipinski definition) is 1. The smallest absolute Gasteiger partial charge is 0.341 e. The lowest BCUT2D eigenvalue weighted by Crippen LogP contribution is -2.16. The van der Waals surface area contributed by atoms with Gasteiger partial charge in [-0.05, 0) is 17.7 Å². The maximum atomic E-state index is 12.6. The second-order valence-electron chi connectivity index (χ2n) is 6.65. The van der Waals surface area contributed by atoms with Crippen LogP contribution in [0.3, 0.4) is 0 Å². The van der Waals surface area contributed by atoms with Gasteiger partial charge in [-0.1, -0.05) is 42.1 Å². The first-order chi connectivity index (χ1) is 15.6. The molecule has 32 heavy (non-hydrogen) atoms. The second kappa shape index (κ2) is 9.75. The van der Waals surface area contributed by atoms with Crippen molar-refractivity contribution in [3.05, 3.63) is 65.8 Å². The average Bonchev–Trinajstić information content (AvgIpc) is 3.41. The lowest BCUT2D eigenvalue weighted by Gasteiger charge is -2.08. The number of hydrogen-bond acceptors (Lipinski definition) is 8. The summed E-state index contributed by atoms with van der Waals surface area (Å²) >= 11 is 2.55. The predicted molar refractivity (Wildman–Crippen MR) is 125 cm³/mol. The van der Waals surface area contributed by atoms with E-state index >= 15 is 0 Å². The van der Waals surface area contributed by atoms with Gasteiger partial charge >= 0.3 is 5.97 Å². The fraction of sp³-hybridized carbons (Fsp3) is 0.136. The number of thiophene rings is 1. The predicted octanol–water partition coefficient (Wildman–Crippen LogP) is 4.12. The first-order valence-corrected chi connectivity index (χ1v) is 11.4. The molecule has 4 rings (SSSR count). The van der Waals surface area contributed by atoms with Crippen molar-refractivity contribution in [2.45, 2.75) is 5.16 Å². The van der Waals surface area contributed by atoms with Crippen LogP contribution in [0.25, 0.3) is 22.5 Å². The van der Waals surface area contributed by atoms with E-state index in [0.29, 0.717) is 21.5 Å². The summed E-state index contributed by atoms with van der Waals surface area (Å²) in [6.45, 7) is 0. The lowest BCUT2D eigenvalue weighted by atomic mass is 10.0. The molecule has 0 saturated heterocycles. The molecule has 0 bridgehead atoms. The zero-order valence-electron chi connectivity index (χ0n) is 17.3. The maximum absolute atomic E-state index is 12.6. The summed E-state index contributed by atoms with van der Waals surface area (Å²) in [4.78, 5) is 29.2. The van der Waals surface area contributed by atoms with Crippen molar-refractivity contribution in [3.8, 4) is 22.5 Å². The molecule has 3 heterocycles. The van der Waals surface area contributed by atoms with Crippen molar-refractivity contribution >= 4 is 40.0 Å². The van der Waals surface area contributed by atoms with E-state index in [9.17, 15) is 9.59 Å². The van der Waals surface area contributed by atoms with Gasteiger partial charge in [-0.3, -0.25) is 9.78 Å². The van der Waals surface area contributed by atoms with Crippen molar-refractivity contribution in [2.75, 3.05) is 18.2 Å². The first kappa shape index (κ1) is 21.7. The quantitative estimate of drug-likeness (QED) is 0.324. The highest BCUT2D eigenvalue weighted by Gasteiger charge is 2.22. The molecule has 0 spiro atoms. The molecule has 10 heteroatoms. The molecule has 0 radical (unpaired) electrons. The highest BCUT2D eigenvalue weighted by Crippen LogP contribution is 2.36. The lowest BCUT2D eigenvalue weighted by molar-refractivity contribution is -0.113. The molecule has 0 saturated carbocycles. The Morgan fingerprint density at radius 1 is 1.12 bits per heavy atom. The number of anilines is 1. The fourth-order valence-electron chi connectivity index (χ4n) is 3.06. The number of nitrogens with zero attached hydrogens (tertiary/aromatic N) is 4. The molecule has 4 aromatic rings. The third-order valence-corrected chi connectivity index (χ3v) is 6.52. The highest BCUT2D eigenvalue weighted by molar-refractivity contribution is 7.99. The minimum Gasteiger partial charge on any atom is -0.465 e. The molecular weight excluding hydrogens is 446 g/mol. The normalized spacial score (nSPS) is 10.7. The summed E-state index contributed by atoms with van der Waals surface area (Å²) in [5.74, 6) is 0.0211. The van der Waals surface area contributed by atoms with Gasteiger partial charge in [-0.25, -0.2) is 4.79 Å².